The van der Waals surface area contributed by atoms with Crippen LogP contribution in [0.2, 0.25) is 0 Å². The number of hydroxylamine groups is 1. The molecule has 1 aromatic rings. The lowest BCUT2D eigenvalue weighted by atomic mass is 10.1. The first kappa shape index (κ1) is 7.49. The maximum atomic E-state index is 5.70. The minimum absolute atomic E-state index is 0.571. The summed E-state index contributed by atoms with van der Waals surface area (Å²) in [5.41, 5.74) is 9.95. The van der Waals surface area contributed by atoms with Gasteiger partial charge in [0.2, 0.25) is 0 Å². The van der Waals surface area contributed by atoms with Gasteiger partial charge in [-0.3, -0.25) is 4.99 Å². The van der Waals surface area contributed by atoms with Crippen molar-refractivity contribution in [1.82, 2.24) is 5.48 Å². The third kappa shape index (κ3) is 0.921. The molecule has 0 saturated heterocycles. The molecule has 2 aliphatic heterocycles. The van der Waals surface area contributed by atoms with Crippen LogP contribution in [0, 0.1) is 0 Å². The summed E-state index contributed by atoms with van der Waals surface area (Å²) >= 11 is 0. The van der Waals surface area contributed by atoms with E-state index in [9.17, 15) is 0 Å². The molecule has 3 N–H and O–H groups in total. The predicted molar refractivity (Wildman–Crippen MR) is 51.5 cm³/mol. The van der Waals surface area contributed by atoms with Crippen molar-refractivity contribution >= 4 is 11.5 Å². The monoisotopic (exact) mass is 191 g/mol. The molecule has 0 radical (unpaired) electrons. The molecule has 0 aromatic heterocycles. The Hall–Kier alpha value is -1.91. The Balaban J connectivity index is 2.27. The van der Waals surface area contributed by atoms with Crippen molar-refractivity contribution in [3.05, 3.63) is 17.7 Å². The molecule has 0 saturated carbocycles. The Labute approximate surface area is 80.5 Å². The molecule has 0 aliphatic carbocycles. The predicted octanol–water partition coefficient (Wildman–Crippen LogP) is 0.305. The van der Waals surface area contributed by atoms with Crippen LogP contribution in [0.1, 0.15) is 5.56 Å². The molecule has 2 heterocycles. The Morgan fingerprint density at radius 1 is 1.36 bits per heavy atom. The molecular formula is C9H9N3O2. The summed E-state index contributed by atoms with van der Waals surface area (Å²) < 4.78 is 5.51. The van der Waals surface area contributed by atoms with Crippen LogP contribution in [-0.4, -0.2) is 19.0 Å². The van der Waals surface area contributed by atoms with Crippen molar-refractivity contribution < 1.29 is 9.57 Å². The number of anilines is 1. The van der Waals surface area contributed by atoms with Crippen molar-refractivity contribution in [2.75, 3.05) is 18.9 Å². The van der Waals surface area contributed by atoms with Gasteiger partial charge >= 0.3 is 0 Å². The zero-order chi connectivity index (χ0) is 9.54. The molecule has 1 aromatic carbocycles. The van der Waals surface area contributed by atoms with E-state index in [4.69, 9.17) is 15.3 Å². The summed E-state index contributed by atoms with van der Waals surface area (Å²) in [4.78, 5) is 9.50. The van der Waals surface area contributed by atoms with Gasteiger partial charge in [-0.15, -0.1) is 0 Å². The molecule has 3 rings (SSSR count). The fraction of sp³-hybridized carbons (Fsp3) is 0.222. The quantitative estimate of drug-likeness (QED) is 0.579. The number of nitrogens with zero attached hydrogens (tertiary/aromatic N) is 1. The van der Waals surface area contributed by atoms with Crippen LogP contribution in [0.4, 0.5) is 5.69 Å². The fourth-order valence-corrected chi connectivity index (χ4v) is 1.62. The molecule has 0 atom stereocenters. The van der Waals surface area contributed by atoms with E-state index < -0.39 is 0 Å². The normalized spacial score (nSPS) is 17.0. The van der Waals surface area contributed by atoms with Gasteiger partial charge in [-0.1, -0.05) is 0 Å². The summed E-state index contributed by atoms with van der Waals surface area (Å²) in [6.45, 7) is 1.20. The van der Waals surface area contributed by atoms with Gasteiger partial charge in [0.05, 0.1) is 6.54 Å². The third-order valence-electron chi connectivity index (χ3n) is 2.20. The summed E-state index contributed by atoms with van der Waals surface area (Å²) in [5.74, 6) is 2.15. The average Bonchev–Trinajstić information content (AvgIpc) is 2.43. The van der Waals surface area contributed by atoms with E-state index in [0.717, 1.165) is 17.1 Å². The van der Waals surface area contributed by atoms with Gasteiger partial charge in [-0.2, -0.15) is 0 Å². The Morgan fingerprint density at radius 3 is 3.14 bits per heavy atom. The Morgan fingerprint density at radius 2 is 2.21 bits per heavy atom. The maximum absolute atomic E-state index is 5.70. The first-order chi connectivity index (χ1) is 6.84. The third-order valence-corrected chi connectivity index (χ3v) is 2.20. The number of nitrogens with two attached hydrogens (primary N) is 1. The molecule has 5 nitrogen and oxygen atoms in total. The zero-order valence-electron chi connectivity index (χ0n) is 7.41. The highest BCUT2D eigenvalue weighted by Gasteiger charge is 2.26. The van der Waals surface area contributed by atoms with Gasteiger partial charge in [0.1, 0.15) is 17.9 Å². The number of nitrogen functional groups attached to an aromatic ring is 1. The highest BCUT2D eigenvalue weighted by atomic mass is 16.7. The van der Waals surface area contributed by atoms with E-state index in [1.54, 1.807) is 12.1 Å². The first-order valence-corrected chi connectivity index (χ1v) is 4.38. The minimum atomic E-state index is 0.571. The van der Waals surface area contributed by atoms with Gasteiger partial charge < -0.3 is 15.3 Å². The van der Waals surface area contributed by atoms with Crippen molar-refractivity contribution in [2.24, 2.45) is 4.99 Å². The van der Waals surface area contributed by atoms with Crippen molar-refractivity contribution in [3.63, 3.8) is 0 Å². The lowest BCUT2D eigenvalue weighted by Crippen LogP contribution is -2.19. The van der Waals surface area contributed by atoms with Gasteiger partial charge in [0.25, 0.3) is 0 Å². The van der Waals surface area contributed by atoms with E-state index in [0.29, 0.717) is 24.6 Å². The summed E-state index contributed by atoms with van der Waals surface area (Å²) in [6.07, 6.45) is 0. The molecule has 0 fully saturated rings. The molecule has 0 unspecified atom stereocenters. The van der Waals surface area contributed by atoms with Crippen LogP contribution in [-0.2, 0) is 0 Å². The standard InChI is InChI=1S/C9H9N3O2/c10-5-3-6-8-7(4-5)14-12-9(8)11-1-2-13-6/h3-4H,1-2,10H2,(H,11,12). The molecule has 5 heteroatoms. The second-order valence-electron chi connectivity index (χ2n) is 3.18. The summed E-state index contributed by atoms with van der Waals surface area (Å²) in [7, 11) is 0. The molecule has 14 heavy (non-hydrogen) atoms. The number of hydrogen-bond donors (Lipinski definition) is 2. The molecule has 2 aliphatic rings. The van der Waals surface area contributed by atoms with Crippen LogP contribution >= 0.6 is 0 Å². The molecular weight excluding hydrogens is 182 g/mol. The summed E-state index contributed by atoms with van der Waals surface area (Å²) in [6, 6.07) is 3.54. The zero-order valence-corrected chi connectivity index (χ0v) is 7.41. The number of hydrogen-bond acceptors (Lipinski definition) is 5. The topological polar surface area (TPSA) is 68.9 Å². The SMILES string of the molecule is Nc1cc2c3c(c1)ONC3=NCCO2. The Kier molecular flexibility index (Phi) is 1.36. The van der Waals surface area contributed by atoms with E-state index in [2.05, 4.69) is 10.5 Å². The molecule has 72 valence electrons. The van der Waals surface area contributed by atoms with Crippen LogP contribution in [0.15, 0.2) is 17.1 Å². The number of ether oxygens (including phenoxy) is 1. The molecule has 0 amide bonds. The number of rotatable bonds is 0. The van der Waals surface area contributed by atoms with E-state index >= 15 is 0 Å². The van der Waals surface area contributed by atoms with Gasteiger partial charge in [-0.25, -0.2) is 5.48 Å². The smallest absolute Gasteiger partial charge is 0.171 e. The number of amidine groups is 1. The number of benzene rings is 1. The lowest BCUT2D eigenvalue weighted by Gasteiger charge is -2.06. The van der Waals surface area contributed by atoms with E-state index in [-0.39, 0.29) is 0 Å². The number of nitrogens with one attached hydrogen (secondary N) is 1. The van der Waals surface area contributed by atoms with Crippen molar-refractivity contribution in [2.45, 2.75) is 0 Å². The maximum Gasteiger partial charge on any atom is 0.171 e. The second kappa shape index (κ2) is 2.54. The molecule has 0 spiro atoms. The van der Waals surface area contributed by atoms with Crippen LogP contribution in [0.25, 0.3) is 0 Å². The highest BCUT2D eigenvalue weighted by molar-refractivity contribution is 6.05. The average molecular weight is 191 g/mol. The number of aliphatic imine (C=N–C) groups is 1. The highest BCUT2D eigenvalue weighted by Crippen LogP contribution is 2.35. The fourth-order valence-electron chi connectivity index (χ4n) is 1.62. The first-order valence-electron chi connectivity index (χ1n) is 4.38. The van der Waals surface area contributed by atoms with Gasteiger partial charge in [-0.05, 0) is 0 Å². The lowest BCUT2D eigenvalue weighted by molar-refractivity contribution is 0.275. The largest absolute Gasteiger partial charge is 0.491 e. The van der Waals surface area contributed by atoms with Crippen molar-refractivity contribution in [3.8, 4) is 11.5 Å². The Bertz CT molecular complexity index is 428. The van der Waals surface area contributed by atoms with Gasteiger partial charge in [0, 0.05) is 17.8 Å². The van der Waals surface area contributed by atoms with Crippen molar-refractivity contribution in [1.29, 1.82) is 0 Å². The van der Waals surface area contributed by atoms with E-state index in [1.807, 2.05) is 0 Å². The summed E-state index contributed by atoms with van der Waals surface area (Å²) in [5, 5.41) is 0. The van der Waals surface area contributed by atoms with Crippen LogP contribution < -0.4 is 20.8 Å². The second-order valence-corrected chi connectivity index (χ2v) is 3.18. The van der Waals surface area contributed by atoms with Crippen LogP contribution in [0.5, 0.6) is 11.5 Å². The van der Waals surface area contributed by atoms with Crippen LogP contribution in [0.3, 0.4) is 0 Å². The minimum Gasteiger partial charge on any atom is -0.491 e. The van der Waals surface area contributed by atoms with Gasteiger partial charge in [0.15, 0.2) is 11.6 Å². The molecule has 0 bridgehead atoms. The van der Waals surface area contributed by atoms with E-state index in [1.165, 1.54) is 0 Å².